The maximum absolute atomic E-state index is 14.0. The fraction of sp³-hybridized carbons (Fsp3) is 0.531. The zero-order valence-electron chi connectivity index (χ0n) is 25.5. The van der Waals surface area contributed by atoms with Crippen LogP contribution in [0.5, 0.6) is 0 Å². The van der Waals surface area contributed by atoms with E-state index in [-0.39, 0.29) is 35.8 Å². The normalized spacial score (nSPS) is 13.4. The molecule has 8 nitrogen and oxygen atoms in total. The summed E-state index contributed by atoms with van der Waals surface area (Å²) < 4.78 is 27.9. The summed E-state index contributed by atoms with van der Waals surface area (Å²) in [4.78, 5) is 43.0. The number of likely N-dealkylation sites (N-methyl/N-ethyl adjacent to an activating group) is 1. The van der Waals surface area contributed by atoms with Crippen molar-refractivity contribution in [1.29, 1.82) is 0 Å². The van der Waals surface area contributed by atoms with Gasteiger partial charge in [0.1, 0.15) is 11.6 Å². The van der Waals surface area contributed by atoms with E-state index in [1.54, 1.807) is 23.1 Å². The molecule has 0 heterocycles. The Hall–Kier alpha value is -3.37. The molecule has 2 aromatic carbocycles. The highest BCUT2D eigenvalue weighted by Crippen LogP contribution is 2.19. The molecule has 0 aliphatic rings. The van der Waals surface area contributed by atoms with Gasteiger partial charge in [-0.2, -0.15) is 0 Å². The Bertz CT molecular complexity index is 1150. The molecule has 0 radical (unpaired) electrons. The van der Waals surface area contributed by atoms with Crippen LogP contribution in [0.1, 0.15) is 72.7 Å². The third kappa shape index (κ3) is 11.1. The van der Waals surface area contributed by atoms with Crippen LogP contribution in [-0.4, -0.2) is 85.0 Å². The molecule has 2 aromatic rings. The maximum Gasteiger partial charge on any atom is 0.253 e. The molecule has 0 aliphatic heterocycles. The number of halogens is 2. The first kappa shape index (κ1) is 34.8. The number of nitrogens with one attached hydrogen (secondary N) is 2. The molecule has 3 amide bonds. The number of rotatable bonds is 17. The number of aliphatic hydroxyl groups is 1. The van der Waals surface area contributed by atoms with Crippen molar-refractivity contribution >= 4 is 17.7 Å². The summed E-state index contributed by atoms with van der Waals surface area (Å²) in [6.07, 6.45) is 0.834. The van der Waals surface area contributed by atoms with Gasteiger partial charge < -0.3 is 25.5 Å². The molecule has 10 heteroatoms. The topological polar surface area (TPSA) is 102 Å². The number of aliphatic hydroxyl groups excluding tert-OH is 1. The molecule has 2 rings (SSSR count). The van der Waals surface area contributed by atoms with Crippen LogP contribution < -0.4 is 10.6 Å². The van der Waals surface area contributed by atoms with E-state index in [4.69, 9.17) is 0 Å². The van der Waals surface area contributed by atoms with Crippen molar-refractivity contribution in [1.82, 2.24) is 20.4 Å². The minimum Gasteiger partial charge on any atom is -0.391 e. The molecular weight excluding hydrogens is 542 g/mol. The number of hydrogen-bond donors (Lipinski definition) is 3. The van der Waals surface area contributed by atoms with Crippen molar-refractivity contribution in [2.45, 2.75) is 65.0 Å². The smallest absolute Gasteiger partial charge is 0.253 e. The van der Waals surface area contributed by atoms with Gasteiger partial charge in [-0.05, 0) is 82.1 Å². The lowest BCUT2D eigenvalue weighted by Crippen LogP contribution is -2.47. The van der Waals surface area contributed by atoms with Gasteiger partial charge in [-0.1, -0.05) is 26.8 Å². The summed E-state index contributed by atoms with van der Waals surface area (Å²) in [5.74, 6) is -3.01. The predicted molar refractivity (Wildman–Crippen MR) is 160 cm³/mol. The average Bonchev–Trinajstić information content (AvgIpc) is 2.94. The zero-order chi connectivity index (χ0) is 31.2. The molecule has 42 heavy (non-hydrogen) atoms. The van der Waals surface area contributed by atoms with E-state index in [0.717, 1.165) is 31.0 Å². The van der Waals surface area contributed by atoms with Gasteiger partial charge in [0.2, 0.25) is 5.91 Å². The minimum atomic E-state index is -1.20. The summed E-state index contributed by atoms with van der Waals surface area (Å²) in [5.41, 5.74) is 0.832. The van der Waals surface area contributed by atoms with Gasteiger partial charge in [0, 0.05) is 49.3 Å². The second-order valence-electron chi connectivity index (χ2n) is 10.9. The lowest BCUT2D eigenvalue weighted by Gasteiger charge is -2.27. The highest BCUT2D eigenvalue weighted by molar-refractivity contribution is 5.99. The van der Waals surface area contributed by atoms with Crippen molar-refractivity contribution in [3.63, 3.8) is 0 Å². The molecule has 0 unspecified atom stereocenters. The molecule has 0 aromatic heterocycles. The van der Waals surface area contributed by atoms with Crippen LogP contribution in [0, 0.1) is 17.6 Å². The maximum atomic E-state index is 14.0. The van der Waals surface area contributed by atoms with Crippen LogP contribution in [0.25, 0.3) is 0 Å². The average molecular weight is 589 g/mol. The Morgan fingerprint density at radius 3 is 2.10 bits per heavy atom. The van der Waals surface area contributed by atoms with Gasteiger partial charge >= 0.3 is 0 Å². The first-order chi connectivity index (χ1) is 20.0. The van der Waals surface area contributed by atoms with Crippen molar-refractivity contribution in [3.8, 4) is 0 Å². The van der Waals surface area contributed by atoms with E-state index in [0.29, 0.717) is 38.2 Å². The van der Waals surface area contributed by atoms with E-state index in [1.165, 1.54) is 6.07 Å². The van der Waals surface area contributed by atoms with Crippen LogP contribution >= 0.6 is 0 Å². The lowest BCUT2D eigenvalue weighted by atomic mass is 9.91. The summed E-state index contributed by atoms with van der Waals surface area (Å²) in [7, 11) is 3.79. The highest BCUT2D eigenvalue weighted by Gasteiger charge is 2.28. The second kappa shape index (κ2) is 17.6. The fourth-order valence-corrected chi connectivity index (χ4v) is 4.81. The van der Waals surface area contributed by atoms with Crippen molar-refractivity contribution in [2.75, 3.05) is 40.3 Å². The number of carbonyl (C=O) groups is 3. The molecular formula is C32H46F2N4O4. The van der Waals surface area contributed by atoms with Gasteiger partial charge in [-0.3, -0.25) is 14.4 Å². The standard InChI is InChI=1S/C32H46F2N4O4/c1-6-13-38(14-7-2)32(42)25-11-9-10-24(19-25)31(41)36-28(18-22-16-26(33)21-27(34)17-22)29(39)20-23(8-3)30(40)35-12-15-37(4)5/h9-11,16-17,19,21,23,28-29,39H,6-8,12-15,18,20H2,1-5H3,(H,35,40)(H,36,41)/t23-,28+,29+/m1/s1. The molecule has 0 spiro atoms. The molecule has 0 bridgehead atoms. The second-order valence-corrected chi connectivity index (χ2v) is 10.9. The van der Waals surface area contributed by atoms with Gasteiger partial charge in [0.05, 0.1) is 12.1 Å². The number of benzene rings is 2. The molecule has 0 saturated heterocycles. The van der Waals surface area contributed by atoms with Crippen molar-refractivity contribution < 1.29 is 28.3 Å². The highest BCUT2D eigenvalue weighted by atomic mass is 19.1. The molecule has 0 saturated carbocycles. The van der Waals surface area contributed by atoms with Crippen LogP contribution in [0.15, 0.2) is 42.5 Å². The van der Waals surface area contributed by atoms with Crippen LogP contribution in [0.2, 0.25) is 0 Å². The van der Waals surface area contributed by atoms with Gasteiger partial charge in [0.15, 0.2) is 0 Å². The molecule has 0 aliphatic carbocycles. The minimum absolute atomic E-state index is 0.0363. The van der Waals surface area contributed by atoms with E-state index >= 15 is 0 Å². The van der Waals surface area contributed by atoms with Crippen molar-refractivity contribution in [2.24, 2.45) is 5.92 Å². The molecule has 3 N–H and O–H groups in total. The number of carbonyl (C=O) groups excluding carboxylic acids is 3. The third-order valence-corrected chi connectivity index (χ3v) is 7.05. The van der Waals surface area contributed by atoms with E-state index in [9.17, 15) is 28.3 Å². The quantitative estimate of drug-likeness (QED) is 0.259. The lowest BCUT2D eigenvalue weighted by molar-refractivity contribution is -0.126. The number of nitrogens with zero attached hydrogens (tertiary/aromatic N) is 2. The first-order valence-electron chi connectivity index (χ1n) is 14.7. The molecule has 3 atom stereocenters. The Kier molecular flexibility index (Phi) is 14.6. The first-order valence-corrected chi connectivity index (χ1v) is 14.7. The van der Waals surface area contributed by atoms with E-state index < -0.39 is 35.6 Å². The molecule has 0 fully saturated rings. The number of hydrogen-bond acceptors (Lipinski definition) is 5. The Balaban J connectivity index is 2.28. The Morgan fingerprint density at radius 1 is 0.905 bits per heavy atom. The largest absolute Gasteiger partial charge is 0.391 e. The van der Waals surface area contributed by atoms with Crippen molar-refractivity contribution in [3.05, 3.63) is 70.8 Å². The number of amides is 3. The summed E-state index contributed by atoms with van der Waals surface area (Å²) in [5, 5.41) is 16.9. The molecule has 232 valence electrons. The van der Waals surface area contributed by atoms with Crippen LogP contribution in [0.3, 0.4) is 0 Å². The zero-order valence-corrected chi connectivity index (χ0v) is 25.5. The summed E-state index contributed by atoms with van der Waals surface area (Å²) in [6.45, 7) is 8.13. The predicted octanol–water partition coefficient (Wildman–Crippen LogP) is 4.02. The Morgan fingerprint density at radius 2 is 1.52 bits per heavy atom. The monoisotopic (exact) mass is 588 g/mol. The fourth-order valence-electron chi connectivity index (χ4n) is 4.81. The van der Waals surface area contributed by atoms with Gasteiger partial charge in [-0.15, -0.1) is 0 Å². The van der Waals surface area contributed by atoms with Crippen LogP contribution in [-0.2, 0) is 11.2 Å². The van der Waals surface area contributed by atoms with E-state index in [2.05, 4.69) is 10.6 Å². The summed E-state index contributed by atoms with van der Waals surface area (Å²) >= 11 is 0. The van der Waals surface area contributed by atoms with E-state index in [1.807, 2.05) is 39.8 Å². The Labute approximate surface area is 248 Å². The van der Waals surface area contributed by atoms with Gasteiger partial charge in [-0.25, -0.2) is 8.78 Å². The van der Waals surface area contributed by atoms with Gasteiger partial charge in [0.25, 0.3) is 11.8 Å². The van der Waals surface area contributed by atoms with Crippen LogP contribution in [0.4, 0.5) is 8.78 Å². The third-order valence-electron chi connectivity index (χ3n) is 7.05. The SMILES string of the molecule is CCCN(CCC)C(=O)c1cccc(C(=O)N[C@@H](Cc2cc(F)cc(F)c2)[C@@H](O)C[C@@H](CC)C(=O)NCCN(C)C)c1. The summed E-state index contributed by atoms with van der Waals surface area (Å²) in [6, 6.07) is 8.44.